The van der Waals surface area contributed by atoms with E-state index in [9.17, 15) is 4.79 Å². The van der Waals surface area contributed by atoms with Crippen molar-refractivity contribution in [3.63, 3.8) is 0 Å². The Hall–Kier alpha value is -2.99. The van der Waals surface area contributed by atoms with Gasteiger partial charge in [0.05, 0.1) is 6.42 Å². The van der Waals surface area contributed by atoms with Crippen LogP contribution in [0.5, 0.6) is 0 Å². The molecule has 128 valence electrons. The van der Waals surface area contributed by atoms with Gasteiger partial charge in [-0.3, -0.25) is 10.1 Å². The Morgan fingerprint density at radius 1 is 0.962 bits per heavy atom. The molecule has 5 nitrogen and oxygen atoms in total. The Morgan fingerprint density at radius 2 is 1.81 bits per heavy atom. The van der Waals surface area contributed by atoms with Gasteiger partial charge >= 0.3 is 6.01 Å². The highest BCUT2D eigenvalue weighted by atomic mass is 79.9. The normalized spacial score (nSPS) is 10.8. The third-order valence-corrected chi connectivity index (χ3v) is 4.41. The van der Waals surface area contributed by atoms with Gasteiger partial charge in [0, 0.05) is 10.0 Å². The molecule has 1 N–H and O–H groups in total. The Balaban J connectivity index is 1.46. The Morgan fingerprint density at radius 3 is 2.65 bits per heavy atom. The van der Waals surface area contributed by atoms with E-state index in [1.54, 1.807) is 0 Å². The average Bonchev–Trinajstić information content (AvgIpc) is 3.10. The van der Waals surface area contributed by atoms with Crippen molar-refractivity contribution < 1.29 is 9.21 Å². The third-order valence-electron chi connectivity index (χ3n) is 3.92. The molecule has 3 aromatic carbocycles. The van der Waals surface area contributed by atoms with Crippen molar-refractivity contribution >= 4 is 38.6 Å². The standard InChI is InChI=1S/C20H14BrN3O2/c21-17-7-3-6-16(12-17)19-23-24-20(26-19)22-18(25)11-13-8-9-14-4-1-2-5-15(14)10-13/h1-10,12H,11H2,(H,22,24,25). The van der Waals surface area contributed by atoms with Gasteiger partial charge in [-0.05, 0) is 34.5 Å². The average molecular weight is 408 g/mol. The summed E-state index contributed by atoms with van der Waals surface area (Å²) in [6, 6.07) is 21.6. The molecule has 0 radical (unpaired) electrons. The van der Waals surface area contributed by atoms with Crippen molar-refractivity contribution in [2.75, 3.05) is 5.32 Å². The molecule has 0 bridgehead atoms. The second-order valence-corrected chi connectivity index (χ2v) is 6.74. The number of carbonyl (C=O) groups is 1. The number of carbonyl (C=O) groups excluding carboxylic acids is 1. The zero-order valence-electron chi connectivity index (χ0n) is 13.6. The monoisotopic (exact) mass is 407 g/mol. The fourth-order valence-corrected chi connectivity index (χ4v) is 3.11. The lowest BCUT2D eigenvalue weighted by Gasteiger charge is -2.03. The van der Waals surface area contributed by atoms with Crippen LogP contribution in [0.2, 0.25) is 0 Å². The zero-order valence-corrected chi connectivity index (χ0v) is 15.2. The number of fused-ring (bicyclic) bond motifs is 1. The van der Waals surface area contributed by atoms with E-state index in [4.69, 9.17) is 4.42 Å². The Kier molecular flexibility index (Phi) is 4.50. The second kappa shape index (κ2) is 7.09. The number of hydrogen-bond acceptors (Lipinski definition) is 4. The summed E-state index contributed by atoms with van der Waals surface area (Å²) in [5, 5.41) is 12.8. The van der Waals surface area contributed by atoms with Gasteiger partial charge < -0.3 is 4.42 Å². The number of nitrogens with one attached hydrogen (secondary N) is 1. The number of nitrogens with zero attached hydrogens (tertiary/aromatic N) is 2. The van der Waals surface area contributed by atoms with E-state index in [1.807, 2.05) is 66.7 Å². The van der Waals surface area contributed by atoms with Crippen LogP contribution in [0.3, 0.4) is 0 Å². The molecule has 1 amide bonds. The highest BCUT2D eigenvalue weighted by Gasteiger charge is 2.12. The molecule has 1 aromatic heterocycles. The predicted molar refractivity (Wildman–Crippen MR) is 104 cm³/mol. The van der Waals surface area contributed by atoms with E-state index >= 15 is 0 Å². The predicted octanol–water partition coefficient (Wildman–Crippen LogP) is 4.83. The summed E-state index contributed by atoms with van der Waals surface area (Å²) in [6.45, 7) is 0. The van der Waals surface area contributed by atoms with Crippen LogP contribution in [0, 0.1) is 0 Å². The maximum absolute atomic E-state index is 12.3. The quantitative estimate of drug-likeness (QED) is 0.525. The van der Waals surface area contributed by atoms with Crippen molar-refractivity contribution in [1.82, 2.24) is 10.2 Å². The van der Waals surface area contributed by atoms with Gasteiger partial charge in [0.1, 0.15) is 0 Å². The molecule has 26 heavy (non-hydrogen) atoms. The van der Waals surface area contributed by atoms with Gasteiger partial charge in [-0.2, -0.15) is 0 Å². The molecule has 0 saturated carbocycles. The summed E-state index contributed by atoms with van der Waals surface area (Å²) >= 11 is 3.40. The van der Waals surface area contributed by atoms with E-state index < -0.39 is 0 Å². The molecule has 0 saturated heterocycles. The van der Waals surface area contributed by atoms with Crippen LogP contribution in [0.25, 0.3) is 22.2 Å². The molecular weight excluding hydrogens is 394 g/mol. The SMILES string of the molecule is O=C(Cc1ccc2ccccc2c1)Nc1nnc(-c2cccc(Br)c2)o1. The van der Waals surface area contributed by atoms with Gasteiger partial charge in [0.25, 0.3) is 0 Å². The molecule has 0 atom stereocenters. The van der Waals surface area contributed by atoms with E-state index in [1.165, 1.54) is 0 Å². The number of hydrogen-bond donors (Lipinski definition) is 1. The third kappa shape index (κ3) is 3.65. The van der Waals surface area contributed by atoms with Crippen molar-refractivity contribution in [2.24, 2.45) is 0 Å². The number of benzene rings is 3. The summed E-state index contributed by atoms with van der Waals surface area (Å²) in [5.74, 6) is 0.150. The minimum atomic E-state index is -0.204. The summed E-state index contributed by atoms with van der Waals surface area (Å²) in [7, 11) is 0. The largest absolute Gasteiger partial charge is 0.403 e. The molecule has 1 heterocycles. The van der Waals surface area contributed by atoms with Crippen LogP contribution in [0.15, 0.2) is 75.6 Å². The van der Waals surface area contributed by atoms with E-state index in [2.05, 4.69) is 31.4 Å². The van der Waals surface area contributed by atoms with Crippen molar-refractivity contribution in [1.29, 1.82) is 0 Å². The Bertz CT molecular complexity index is 1090. The van der Waals surface area contributed by atoms with Gasteiger partial charge in [0.2, 0.25) is 11.8 Å². The van der Waals surface area contributed by atoms with Crippen LogP contribution in [-0.4, -0.2) is 16.1 Å². The molecule has 4 aromatic rings. The van der Waals surface area contributed by atoms with E-state index in [0.29, 0.717) is 5.89 Å². The first kappa shape index (κ1) is 16.5. The maximum atomic E-state index is 12.3. The Labute approximate surface area is 158 Å². The molecule has 0 spiro atoms. The number of halogens is 1. The first-order valence-corrected chi connectivity index (χ1v) is 8.84. The minimum Gasteiger partial charge on any atom is -0.403 e. The van der Waals surface area contributed by atoms with Gasteiger partial charge in [-0.25, -0.2) is 0 Å². The fourth-order valence-electron chi connectivity index (χ4n) is 2.71. The number of anilines is 1. The lowest BCUT2D eigenvalue weighted by molar-refractivity contribution is -0.115. The maximum Gasteiger partial charge on any atom is 0.322 e. The van der Waals surface area contributed by atoms with Gasteiger partial charge in [-0.1, -0.05) is 69.6 Å². The zero-order chi connectivity index (χ0) is 17.9. The lowest BCUT2D eigenvalue weighted by atomic mass is 10.1. The van der Waals surface area contributed by atoms with E-state index in [0.717, 1.165) is 26.4 Å². The highest BCUT2D eigenvalue weighted by Crippen LogP contribution is 2.23. The molecule has 0 aliphatic carbocycles. The van der Waals surface area contributed by atoms with Crippen LogP contribution < -0.4 is 5.32 Å². The molecule has 4 rings (SSSR count). The van der Waals surface area contributed by atoms with Crippen molar-refractivity contribution in [2.45, 2.75) is 6.42 Å². The summed E-state index contributed by atoms with van der Waals surface area (Å²) in [5.41, 5.74) is 1.70. The molecule has 0 aliphatic heterocycles. The van der Waals surface area contributed by atoms with E-state index in [-0.39, 0.29) is 18.3 Å². The van der Waals surface area contributed by atoms with Crippen LogP contribution in [-0.2, 0) is 11.2 Å². The summed E-state index contributed by atoms with van der Waals surface area (Å²) in [6.07, 6.45) is 0.236. The summed E-state index contributed by atoms with van der Waals surface area (Å²) < 4.78 is 6.44. The highest BCUT2D eigenvalue weighted by molar-refractivity contribution is 9.10. The smallest absolute Gasteiger partial charge is 0.322 e. The number of rotatable bonds is 4. The topological polar surface area (TPSA) is 68.0 Å². The van der Waals surface area contributed by atoms with Gasteiger partial charge in [-0.15, -0.1) is 5.10 Å². The number of amides is 1. The first-order valence-electron chi connectivity index (χ1n) is 8.04. The number of aromatic nitrogens is 2. The fraction of sp³-hybridized carbons (Fsp3) is 0.0500. The van der Waals surface area contributed by atoms with Crippen molar-refractivity contribution in [3.8, 4) is 11.5 Å². The molecule has 0 unspecified atom stereocenters. The van der Waals surface area contributed by atoms with Crippen LogP contribution in [0.1, 0.15) is 5.56 Å². The van der Waals surface area contributed by atoms with Crippen LogP contribution in [0.4, 0.5) is 6.01 Å². The minimum absolute atomic E-state index is 0.0887. The van der Waals surface area contributed by atoms with Crippen LogP contribution >= 0.6 is 15.9 Å². The molecule has 6 heteroatoms. The first-order chi connectivity index (χ1) is 12.7. The molecule has 0 aliphatic rings. The van der Waals surface area contributed by atoms with Crippen molar-refractivity contribution in [3.05, 3.63) is 76.8 Å². The molecular formula is C20H14BrN3O2. The van der Waals surface area contributed by atoms with Gasteiger partial charge in [0.15, 0.2) is 0 Å². The second-order valence-electron chi connectivity index (χ2n) is 5.83. The lowest BCUT2D eigenvalue weighted by Crippen LogP contribution is -2.14. The molecule has 0 fully saturated rings. The summed E-state index contributed by atoms with van der Waals surface area (Å²) in [4.78, 5) is 12.3.